The molecule has 21 heavy (non-hydrogen) atoms. The quantitative estimate of drug-likeness (QED) is 0.599. The van der Waals surface area contributed by atoms with E-state index in [-0.39, 0.29) is 5.02 Å². The zero-order valence-electron chi connectivity index (χ0n) is 11.0. The monoisotopic (exact) mass is 297 g/mol. The van der Waals surface area contributed by atoms with Gasteiger partial charge in [0.1, 0.15) is 17.3 Å². The van der Waals surface area contributed by atoms with Crippen molar-refractivity contribution in [3.8, 4) is 22.6 Å². The highest BCUT2D eigenvalue weighted by molar-refractivity contribution is 6.30. The second-order valence-corrected chi connectivity index (χ2v) is 4.87. The zero-order valence-corrected chi connectivity index (χ0v) is 11.8. The summed E-state index contributed by atoms with van der Waals surface area (Å²) in [7, 11) is 0. The summed E-state index contributed by atoms with van der Waals surface area (Å²) in [4.78, 5) is 0. The molecule has 0 spiro atoms. The lowest BCUT2D eigenvalue weighted by molar-refractivity contribution is 0.482. The fourth-order valence-electron chi connectivity index (χ4n) is 2.02. The molecule has 0 heterocycles. The van der Waals surface area contributed by atoms with Crippen LogP contribution in [0.25, 0.3) is 11.1 Å². The summed E-state index contributed by atoms with van der Waals surface area (Å²) in [5.74, 6) is 0.663. The molecule has 3 aromatic rings. The number of hydrogen-bond acceptors (Lipinski definition) is 1. The van der Waals surface area contributed by atoms with E-state index in [0.717, 1.165) is 11.1 Å². The lowest BCUT2D eigenvalue weighted by Gasteiger charge is -2.11. The normalized spacial score (nSPS) is 10.4. The van der Waals surface area contributed by atoms with E-state index < -0.39 is 5.82 Å². The zero-order chi connectivity index (χ0) is 14.7. The van der Waals surface area contributed by atoms with Gasteiger partial charge in [0, 0.05) is 11.6 Å². The molecule has 0 fully saturated rings. The van der Waals surface area contributed by atoms with E-state index in [1.165, 1.54) is 12.1 Å². The summed E-state index contributed by atoms with van der Waals surface area (Å²) in [6.45, 7) is 0. The van der Waals surface area contributed by atoms with Crippen molar-refractivity contribution in [2.45, 2.75) is 0 Å². The first-order valence-electron chi connectivity index (χ1n) is 6.42. The van der Waals surface area contributed by atoms with Crippen LogP contribution in [-0.4, -0.2) is 0 Å². The van der Waals surface area contributed by atoms with E-state index in [1.54, 1.807) is 12.1 Å². The van der Waals surface area contributed by atoms with Crippen LogP contribution in [0.4, 0.5) is 4.39 Å². The Morgan fingerprint density at radius 1 is 1.00 bits per heavy atom. The van der Waals surface area contributed by atoms with E-state index in [0.29, 0.717) is 11.5 Å². The van der Waals surface area contributed by atoms with Crippen LogP contribution in [-0.2, 0) is 0 Å². The van der Waals surface area contributed by atoms with Gasteiger partial charge in [-0.15, -0.1) is 0 Å². The molecule has 0 amide bonds. The summed E-state index contributed by atoms with van der Waals surface area (Å²) in [5, 5.41) is 0.0358. The molecule has 0 aromatic heterocycles. The summed E-state index contributed by atoms with van der Waals surface area (Å²) in [6.07, 6.45) is 0. The Morgan fingerprint density at radius 3 is 2.57 bits per heavy atom. The summed E-state index contributed by atoms with van der Waals surface area (Å²) < 4.78 is 19.0. The van der Waals surface area contributed by atoms with Crippen LogP contribution in [0, 0.1) is 11.9 Å². The molecule has 3 aromatic carbocycles. The first-order chi connectivity index (χ1) is 10.2. The maximum absolute atomic E-state index is 13.2. The molecule has 3 rings (SSSR count). The van der Waals surface area contributed by atoms with Crippen molar-refractivity contribution in [1.82, 2.24) is 0 Å². The van der Waals surface area contributed by atoms with Crippen LogP contribution < -0.4 is 4.74 Å². The molecule has 1 radical (unpaired) electrons. The van der Waals surface area contributed by atoms with Crippen molar-refractivity contribution in [2.75, 3.05) is 0 Å². The third-order valence-corrected chi connectivity index (χ3v) is 3.32. The van der Waals surface area contributed by atoms with Crippen molar-refractivity contribution in [3.05, 3.63) is 83.6 Å². The third-order valence-electron chi connectivity index (χ3n) is 3.03. The number of benzene rings is 3. The van der Waals surface area contributed by atoms with E-state index >= 15 is 0 Å². The van der Waals surface area contributed by atoms with Gasteiger partial charge in [-0.2, -0.15) is 0 Å². The molecule has 0 aliphatic carbocycles. The summed E-state index contributed by atoms with van der Waals surface area (Å²) in [5.41, 5.74) is 1.98. The van der Waals surface area contributed by atoms with Gasteiger partial charge in [0.15, 0.2) is 0 Å². The molecule has 3 heteroatoms. The molecule has 0 unspecified atom stereocenters. The Hall–Kier alpha value is -2.32. The van der Waals surface area contributed by atoms with Gasteiger partial charge in [-0.05, 0) is 29.8 Å². The maximum Gasteiger partial charge on any atom is 0.142 e. The van der Waals surface area contributed by atoms with E-state index in [9.17, 15) is 4.39 Å². The Kier molecular flexibility index (Phi) is 3.89. The van der Waals surface area contributed by atoms with Crippen molar-refractivity contribution >= 4 is 11.6 Å². The highest BCUT2D eigenvalue weighted by Crippen LogP contribution is 2.33. The Labute approximate surface area is 127 Å². The molecule has 0 N–H and O–H groups in total. The lowest BCUT2D eigenvalue weighted by Crippen LogP contribution is -1.89. The van der Waals surface area contributed by atoms with Gasteiger partial charge in [0.2, 0.25) is 0 Å². The summed E-state index contributed by atoms with van der Waals surface area (Å²) >= 11 is 5.77. The van der Waals surface area contributed by atoms with Gasteiger partial charge in [-0.1, -0.05) is 54.1 Å². The minimum absolute atomic E-state index is 0.0358. The molecule has 0 aliphatic heterocycles. The highest BCUT2D eigenvalue weighted by atomic mass is 35.5. The molecule has 0 atom stereocenters. The highest BCUT2D eigenvalue weighted by Gasteiger charge is 2.08. The van der Waals surface area contributed by atoms with Gasteiger partial charge in [-0.25, -0.2) is 4.39 Å². The fraction of sp³-hybridized carbons (Fsp3) is 0. The van der Waals surface area contributed by atoms with Crippen molar-refractivity contribution in [1.29, 1.82) is 0 Å². The van der Waals surface area contributed by atoms with Crippen LogP contribution in [0.1, 0.15) is 0 Å². The smallest absolute Gasteiger partial charge is 0.142 e. The average Bonchev–Trinajstić information content (AvgIpc) is 2.52. The van der Waals surface area contributed by atoms with E-state index in [2.05, 4.69) is 6.07 Å². The minimum atomic E-state index is -0.466. The van der Waals surface area contributed by atoms with Crippen LogP contribution in [0.2, 0.25) is 5.02 Å². The first-order valence-corrected chi connectivity index (χ1v) is 6.80. The van der Waals surface area contributed by atoms with Crippen molar-refractivity contribution < 1.29 is 9.13 Å². The Balaban J connectivity index is 1.98. The molecule has 103 valence electrons. The number of ether oxygens (including phenoxy) is 1. The fourth-order valence-corrected chi connectivity index (χ4v) is 2.19. The molecule has 0 bridgehead atoms. The molecular weight excluding hydrogens is 287 g/mol. The predicted molar refractivity (Wildman–Crippen MR) is 82.2 cm³/mol. The SMILES string of the molecule is Fc1ccc(Oc2c[c]ccc2-c2ccccc2)cc1Cl. The standard InChI is InChI=1S/C18H11ClFO/c19-16-12-14(10-11-17(16)20)21-18-9-5-4-8-15(18)13-6-2-1-3-7-13/h1-4,6-12H. The van der Waals surface area contributed by atoms with Crippen LogP contribution in [0.3, 0.4) is 0 Å². The minimum Gasteiger partial charge on any atom is -0.457 e. The van der Waals surface area contributed by atoms with E-state index in [1.807, 2.05) is 42.5 Å². The molecule has 0 saturated carbocycles. The number of hydrogen-bond donors (Lipinski definition) is 0. The van der Waals surface area contributed by atoms with Crippen LogP contribution in [0.15, 0.2) is 66.7 Å². The Morgan fingerprint density at radius 2 is 1.81 bits per heavy atom. The largest absolute Gasteiger partial charge is 0.457 e. The average molecular weight is 298 g/mol. The van der Waals surface area contributed by atoms with Crippen molar-refractivity contribution in [3.63, 3.8) is 0 Å². The molecule has 0 aliphatic rings. The third kappa shape index (κ3) is 3.06. The first kappa shape index (κ1) is 13.7. The molecular formula is C18H11ClFO. The van der Waals surface area contributed by atoms with Gasteiger partial charge < -0.3 is 4.74 Å². The number of halogens is 2. The Bertz CT molecular complexity index is 756. The molecule has 1 nitrogen and oxygen atoms in total. The van der Waals surface area contributed by atoms with Gasteiger partial charge in [0.05, 0.1) is 5.02 Å². The number of rotatable bonds is 3. The van der Waals surface area contributed by atoms with Gasteiger partial charge in [0.25, 0.3) is 0 Å². The second-order valence-electron chi connectivity index (χ2n) is 4.47. The summed E-state index contributed by atoms with van der Waals surface area (Å²) in [6, 6.07) is 22.7. The topological polar surface area (TPSA) is 9.23 Å². The molecule has 0 saturated heterocycles. The lowest BCUT2D eigenvalue weighted by atomic mass is 10.1. The predicted octanol–water partition coefficient (Wildman–Crippen LogP) is 5.74. The van der Waals surface area contributed by atoms with E-state index in [4.69, 9.17) is 16.3 Å². The van der Waals surface area contributed by atoms with Crippen LogP contribution in [0.5, 0.6) is 11.5 Å². The maximum atomic E-state index is 13.2. The van der Waals surface area contributed by atoms with Crippen LogP contribution >= 0.6 is 11.6 Å². The second kappa shape index (κ2) is 5.98. The van der Waals surface area contributed by atoms with Gasteiger partial charge in [-0.3, -0.25) is 0 Å². The van der Waals surface area contributed by atoms with Gasteiger partial charge >= 0.3 is 0 Å². The van der Waals surface area contributed by atoms with Crippen molar-refractivity contribution in [2.24, 2.45) is 0 Å².